The Morgan fingerprint density at radius 1 is 0.373 bits per heavy atom. The summed E-state index contributed by atoms with van der Waals surface area (Å²) in [5.41, 5.74) is -1.57. The summed E-state index contributed by atoms with van der Waals surface area (Å²) in [6, 6.07) is 0. The van der Waals surface area contributed by atoms with Crippen LogP contribution >= 0.6 is 0 Å². The molecule has 0 amide bonds. The zero-order valence-corrected chi connectivity index (χ0v) is 71.7. The molecule has 16 fully saturated rings. The summed E-state index contributed by atoms with van der Waals surface area (Å²) >= 11 is 0. The van der Waals surface area contributed by atoms with E-state index >= 15 is 0 Å². The topological polar surface area (TPSA) is 515 Å². The van der Waals surface area contributed by atoms with Gasteiger partial charge < -0.3 is 84.7 Å². The highest BCUT2D eigenvalue weighted by Crippen LogP contribution is 2.65. The van der Waals surface area contributed by atoms with Gasteiger partial charge in [-0.3, -0.25) is 28.8 Å². The number of fused-ring (bicyclic) bond motifs is 5. The first-order chi connectivity index (χ1) is 59.2. The SMILES string of the molecule is CC(OC(=O)COCC(=O)OC1C2CC3C1OC(=O)C3C2C(=O)OC1(C2CC3CCC2C3)CCCC1)C(F)(F)S(=O)(=O)[O-].CC(OC(=O)COCC(=O)OC1C2CC3C1OC(=O)C3C2C(=O)OC1(C2CCCC2)CCCC1)C(F)(F)S(=O)(=O)[O-].CC(OC(=O)COCC(=O)OC1C2CC3C1OC(=O)C3C2C(=O)OC1(C2CCCCC2)CCCC1)C(F)(F)S(=O)(=O)[O-]. The Balaban J connectivity index is 0.000000153. The third-order valence-electron chi connectivity index (χ3n) is 30.0. The highest BCUT2D eigenvalue weighted by atomic mass is 32.2. The van der Waals surface area contributed by atoms with E-state index in [2.05, 4.69) is 14.2 Å². The third kappa shape index (κ3) is 18.4. The Kier molecular flexibility index (Phi) is 27.5. The van der Waals surface area contributed by atoms with E-state index in [1.165, 1.54) is 19.3 Å². The highest BCUT2D eigenvalue weighted by molar-refractivity contribution is 7.87. The molecule has 0 aromatic heterocycles. The van der Waals surface area contributed by atoms with Crippen molar-refractivity contribution in [3.8, 4) is 0 Å². The molecule has 3 heterocycles. The minimum atomic E-state index is -6.08. The van der Waals surface area contributed by atoms with E-state index in [-0.39, 0.29) is 23.7 Å². The van der Waals surface area contributed by atoms with Crippen molar-refractivity contribution < 1.29 is 194 Å². The molecule has 0 aromatic carbocycles. The zero-order valence-electron chi connectivity index (χ0n) is 69.2. The van der Waals surface area contributed by atoms with Gasteiger partial charge >= 0.3 is 87.4 Å². The highest BCUT2D eigenvalue weighted by Gasteiger charge is 2.74. The maximum absolute atomic E-state index is 13.8. The van der Waals surface area contributed by atoms with E-state index in [9.17, 15) is 123 Å². The molecule has 13 aliphatic carbocycles. The fourth-order valence-electron chi connectivity index (χ4n) is 24.6. The lowest BCUT2D eigenvalue weighted by Crippen LogP contribution is -2.48. The molecule has 24 unspecified atom stereocenters. The van der Waals surface area contributed by atoms with Crippen molar-refractivity contribution >= 4 is 102 Å². The average Bonchev–Trinajstić information content (AvgIpc) is 1.55. The van der Waals surface area contributed by atoms with Crippen LogP contribution in [-0.2, 0) is 159 Å². The van der Waals surface area contributed by atoms with Crippen LogP contribution in [0.3, 0.4) is 0 Å². The number of hydrogen-bond donors (Lipinski definition) is 0. The summed E-state index contributed by atoms with van der Waals surface area (Å²) in [6.07, 6.45) is 13.5. The molecule has 0 N–H and O–H groups in total. The van der Waals surface area contributed by atoms with Crippen molar-refractivity contribution in [1.29, 1.82) is 0 Å². The maximum atomic E-state index is 13.8. The van der Waals surface area contributed by atoms with Gasteiger partial charge in [-0.05, 0) is 186 Å². The van der Waals surface area contributed by atoms with E-state index in [0.29, 0.717) is 63.7 Å². The van der Waals surface area contributed by atoms with E-state index < -0.39 is 282 Å². The molecule has 16 rings (SSSR count). The number of halogens is 6. The number of carbonyl (C=O) groups excluding carboxylic acids is 12. The van der Waals surface area contributed by atoms with Gasteiger partial charge in [-0.25, -0.2) is 54.0 Å². The Labute approximate surface area is 720 Å². The van der Waals surface area contributed by atoms with Gasteiger partial charge in [0.2, 0.25) is 0 Å². The number of alkyl halides is 6. The van der Waals surface area contributed by atoms with Crippen molar-refractivity contribution in [1.82, 2.24) is 0 Å². The number of hydrogen-bond acceptors (Lipinski definition) is 36. The van der Waals surface area contributed by atoms with Gasteiger partial charge in [0.15, 0.2) is 48.7 Å². The summed E-state index contributed by atoms with van der Waals surface area (Å²) in [7, 11) is -18.2. The Morgan fingerprint density at radius 2 is 0.651 bits per heavy atom. The van der Waals surface area contributed by atoms with Crippen LogP contribution in [0.25, 0.3) is 0 Å². The van der Waals surface area contributed by atoms with Crippen molar-refractivity contribution in [2.24, 2.45) is 101 Å². The van der Waals surface area contributed by atoms with Gasteiger partial charge in [-0.2, -0.15) is 26.3 Å². The number of rotatable bonds is 33. The predicted molar refractivity (Wildman–Crippen MR) is 397 cm³/mol. The van der Waals surface area contributed by atoms with Gasteiger partial charge in [-0.15, -0.1) is 0 Å². The fourth-order valence-corrected chi connectivity index (χ4v) is 25.9. The Bertz CT molecular complexity index is 4540. The van der Waals surface area contributed by atoms with Crippen molar-refractivity contribution in [3.05, 3.63) is 0 Å². The predicted octanol–water partition coefficient (Wildman–Crippen LogP) is 6.15. The van der Waals surface area contributed by atoms with Gasteiger partial charge in [0, 0.05) is 41.4 Å². The monoisotopic (exact) mass is 1860 g/mol. The van der Waals surface area contributed by atoms with Gasteiger partial charge in [0.1, 0.15) is 93.1 Å². The second-order valence-electron chi connectivity index (χ2n) is 37.0. The van der Waals surface area contributed by atoms with Crippen molar-refractivity contribution in [2.45, 2.75) is 288 Å². The summed E-state index contributed by atoms with van der Waals surface area (Å²) in [5, 5.41) is -14.6. The molecule has 8 bridgehead atoms. The maximum Gasteiger partial charge on any atom is 0.370 e. The first kappa shape index (κ1) is 94.9. The fraction of sp³-hybridized carbons (Fsp3) is 0.852. The van der Waals surface area contributed by atoms with Gasteiger partial charge in [0.25, 0.3) is 0 Å². The minimum Gasteiger partial charge on any atom is -0.743 e. The molecule has 3 saturated heterocycles. The lowest BCUT2D eigenvalue weighted by Gasteiger charge is -2.41. The second-order valence-corrected chi connectivity index (χ2v) is 41.4. The quantitative estimate of drug-likeness (QED) is 0.0307. The first-order valence-electron chi connectivity index (χ1n) is 43.4. The van der Waals surface area contributed by atoms with E-state index in [0.717, 1.165) is 141 Å². The number of carbonyl (C=O) groups is 12. The number of esters is 12. The summed E-state index contributed by atoms with van der Waals surface area (Å²) in [4.78, 5) is 152. The van der Waals surface area contributed by atoms with E-state index in [1.807, 2.05) is 0 Å². The largest absolute Gasteiger partial charge is 0.743 e. The molecule has 0 radical (unpaired) electrons. The molecule has 126 heavy (non-hydrogen) atoms. The smallest absolute Gasteiger partial charge is 0.370 e. The Morgan fingerprint density at radius 3 is 0.929 bits per heavy atom. The second kappa shape index (κ2) is 36.5. The Hall–Kier alpha value is -7.17. The molecule has 24 atom stereocenters. The molecule has 16 aliphatic rings. The molecular formula is C81H103F6O36S3-3. The molecular weight excluding hydrogens is 1760 g/mol. The zero-order chi connectivity index (χ0) is 91.1. The molecule has 0 spiro atoms. The van der Waals surface area contributed by atoms with Crippen molar-refractivity contribution in [3.63, 3.8) is 0 Å². The molecule has 0 aromatic rings. The van der Waals surface area contributed by atoms with E-state index in [1.54, 1.807) is 0 Å². The summed E-state index contributed by atoms with van der Waals surface area (Å²) < 4.78 is 256. The molecule has 3 aliphatic heterocycles. The van der Waals surface area contributed by atoms with Crippen LogP contribution in [0.5, 0.6) is 0 Å². The molecule has 706 valence electrons. The van der Waals surface area contributed by atoms with E-state index in [4.69, 9.17) is 56.8 Å². The van der Waals surface area contributed by atoms with Crippen LogP contribution in [0.1, 0.15) is 201 Å². The summed E-state index contributed by atoms with van der Waals surface area (Å²) in [6.45, 7) is -3.87. The lowest BCUT2D eigenvalue weighted by molar-refractivity contribution is -0.183. The first-order valence-corrected chi connectivity index (χ1v) is 47.6. The van der Waals surface area contributed by atoms with Crippen LogP contribution in [0.15, 0.2) is 0 Å². The van der Waals surface area contributed by atoms with Crippen LogP contribution in [0.2, 0.25) is 0 Å². The molecule has 13 saturated carbocycles. The van der Waals surface area contributed by atoms with Crippen LogP contribution in [0.4, 0.5) is 26.3 Å². The lowest BCUT2D eigenvalue weighted by atomic mass is 9.74. The van der Waals surface area contributed by atoms with Gasteiger partial charge in [0.05, 0.1) is 35.5 Å². The van der Waals surface area contributed by atoms with Crippen LogP contribution in [-0.4, -0.2) is 238 Å². The third-order valence-corrected chi connectivity index (χ3v) is 33.0. The summed E-state index contributed by atoms with van der Waals surface area (Å²) in [5.74, 6) is -14.7. The standard InChI is InChI=1S/C28H36F2O12S.C27H36F2O12S.C26H34F2O12S/c1-13(28(29,30)43(35,36)37)39-19(31)11-38-12-20(32)40-23-17-10-16-21(25(33)41-24(16)23)22(17)26(34)42-27(6-2-3-7-27)18-9-14-4-5-15(18)8-14;1-14(27(28,29)42(34,35)36)38-18(30)12-37-13-19(31)39-22-17-11-16-20(24(32)40-23(16)22)21(17)25(33)41-26(9-5-6-10-26)15-7-3-2-4-8-15;1-13(26(27,28)41(33,34)35)37-17(29)11-36-12-18(30)38-21-16-10-15-19(23(31)39-22(15)21)20(16)24(32)40-25(8-4-5-9-25)14-6-2-3-7-14/h13-18,21-24H,2-12H2,1H3,(H,35,36,37);14-17,20-23H,2-13H2,1H3,(H,34,35,36);13-16,19-22H,2-12H2,1H3,(H,33,34,35)/p-3. The average molecular weight is 1860 g/mol. The van der Waals surface area contributed by atoms with Crippen molar-refractivity contribution in [2.75, 3.05) is 39.6 Å². The van der Waals surface area contributed by atoms with Gasteiger partial charge in [-0.1, -0.05) is 38.5 Å². The van der Waals surface area contributed by atoms with Crippen LogP contribution in [0, 0.1) is 101 Å². The molecule has 45 heteroatoms. The minimum absolute atomic E-state index is 0.288. The van der Waals surface area contributed by atoms with Crippen LogP contribution < -0.4 is 0 Å². The molecule has 36 nitrogen and oxygen atoms in total. The number of ether oxygens (including phenoxy) is 15. The normalized spacial score (nSPS) is 34.6.